The van der Waals surface area contributed by atoms with Gasteiger partial charge in [-0.3, -0.25) is 9.59 Å². The molecule has 1 saturated carbocycles. The van der Waals surface area contributed by atoms with Gasteiger partial charge in [-0.05, 0) is 25.3 Å². The molecule has 2 aliphatic rings. The quantitative estimate of drug-likeness (QED) is 0.865. The molecule has 142 valence electrons. The Hall–Kier alpha value is -1.88. The first kappa shape index (κ1) is 18.9. The summed E-state index contributed by atoms with van der Waals surface area (Å²) in [6, 6.07) is 1.76. The number of phenolic OH excluding ortho intramolecular Hbond substituents is 1. The van der Waals surface area contributed by atoms with Crippen LogP contribution in [0, 0.1) is 11.3 Å². The minimum Gasteiger partial charge on any atom is -0.504 e. The molecule has 26 heavy (non-hydrogen) atoms. The standard InChI is InChI=1S/C21H28O5/c1-11(22)8-12-9-13-14(23)10-15-20(2,3)16(24)6-7-21(15,4)17(13)18(25)19(12)26-5/h9,11,15,22,25H,6-8,10H2,1-5H3/t11?,15-,21-/m1/s1. The number of carbonyl (C=O) groups is 2. The van der Waals surface area contributed by atoms with Gasteiger partial charge in [0.2, 0.25) is 0 Å². The molecule has 0 heterocycles. The van der Waals surface area contributed by atoms with Crippen molar-refractivity contribution < 1.29 is 24.5 Å². The highest BCUT2D eigenvalue weighted by molar-refractivity contribution is 6.02. The third-order valence-electron chi connectivity index (χ3n) is 6.54. The summed E-state index contributed by atoms with van der Waals surface area (Å²) in [4.78, 5) is 25.4. The molecule has 5 nitrogen and oxygen atoms in total. The van der Waals surface area contributed by atoms with Crippen molar-refractivity contribution in [2.45, 2.75) is 64.9 Å². The summed E-state index contributed by atoms with van der Waals surface area (Å²) in [6.07, 6.45) is 1.01. The molecule has 2 aliphatic carbocycles. The number of aliphatic hydroxyl groups is 1. The molecule has 0 bridgehead atoms. The van der Waals surface area contributed by atoms with Crippen molar-refractivity contribution in [3.8, 4) is 11.5 Å². The highest BCUT2D eigenvalue weighted by atomic mass is 16.5. The molecule has 1 aromatic carbocycles. The van der Waals surface area contributed by atoms with E-state index in [0.29, 0.717) is 48.1 Å². The number of aliphatic hydroxyl groups excluding tert-OH is 1. The van der Waals surface area contributed by atoms with E-state index < -0.39 is 16.9 Å². The molecule has 0 saturated heterocycles. The minimum absolute atomic E-state index is 0.0219. The topological polar surface area (TPSA) is 83.8 Å². The molecule has 0 aromatic heterocycles. The fraction of sp³-hybridized carbons (Fsp3) is 0.619. The van der Waals surface area contributed by atoms with Gasteiger partial charge in [-0.2, -0.15) is 0 Å². The molecule has 0 spiro atoms. The van der Waals surface area contributed by atoms with E-state index in [-0.39, 0.29) is 23.2 Å². The van der Waals surface area contributed by atoms with E-state index in [2.05, 4.69) is 0 Å². The average molecular weight is 360 g/mol. The van der Waals surface area contributed by atoms with E-state index in [4.69, 9.17) is 4.74 Å². The fourth-order valence-electron chi connectivity index (χ4n) is 5.14. The Bertz CT molecular complexity index is 777. The van der Waals surface area contributed by atoms with Gasteiger partial charge in [0.25, 0.3) is 0 Å². The van der Waals surface area contributed by atoms with Crippen LogP contribution >= 0.6 is 0 Å². The number of ketones is 2. The molecule has 0 aliphatic heterocycles. The summed E-state index contributed by atoms with van der Waals surface area (Å²) in [5.74, 6) is 0.248. The van der Waals surface area contributed by atoms with Crippen molar-refractivity contribution in [2.75, 3.05) is 7.11 Å². The van der Waals surface area contributed by atoms with Gasteiger partial charge in [-0.15, -0.1) is 0 Å². The number of hydrogen-bond acceptors (Lipinski definition) is 5. The van der Waals surface area contributed by atoms with Crippen molar-refractivity contribution in [1.29, 1.82) is 0 Å². The van der Waals surface area contributed by atoms with Crippen LogP contribution in [0.25, 0.3) is 0 Å². The Kier molecular flexibility index (Phi) is 4.42. The number of benzene rings is 1. The van der Waals surface area contributed by atoms with Crippen LogP contribution in [0.5, 0.6) is 11.5 Å². The monoisotopic (exact) mass is 360 g/mol. The fourth-order valence-corrected chi connectivity index (χ4v) is 5.14. The zero-order valence-corrected chi connectivity index (χ0v) is 16.2. The van der Waals surface area contributed by atoms with Gasteiger partial charge in [0.15, 0.2) is 17.3 Å². The number of phenols is 1. The molecule has 1 aromatic rings. The number of hydrogen-bond donors (Lipinski definition) is 2. The maximum Gasteiger partial charge on any atom is 0.164 e. The van der Waals surface area contributed by atoms with Gasteiger partial charge >= 0.3 is 0 Å². The van der Waals surface area contributed by atoms with E-state index in [1.165, 1.54) is 7.11 Å². The lowest BCUT2D eigenvalue weighted by Crippen LogP contribution is -2.53. The van der Waals surface area contributed by atoms with Gasteiger partial charge in [0, 0.05) is 46.8 Å². The molecule has 3 rings (SSSR count). The minimum atomic E-state index is -0.616. The molecule has 0 radical (unpaired) electrons. The Morgan fingerprint density at radius 1 is 1.31 bits per heavy atom. The second-order valence-corrected chi connectivity index (χ2v) is 8.64. The first-order chi connectivity index (χ1) is 12.0. The SMILES string of the molecule is COc1c(CC(C)O)cc2c(c1O)[C@]1(C)CCC(=O)C(C)(C)[C@H]1CC2=O. The van der Waals surface area contributed by atoms with Crippen LogP contribution in [0.15, 0.2) is 6.07 Å². The van der Waals surface area contributed by atoms with Crippen molar-refractivity contribution >= 4 is 11.6 Å². The number of fused-ring (bicyclic) bond motifs is 3. The van der Waals surface area contributed by atoms with Gasteiger partial charge in [0.1, 0.15) is 5.78 Å². The van der Waals surface area contributed by atoms with E-state index in [9.17, 15) is 19.8 Å². The zero-order valence-electron chi connectivity index (χ0n) is 16.2. The van der Waals surface area contributed by atoms with Crippen LogP contribution < -0.4 is 4.74 Å². The average Bonchev–Trinajstić information content (AvgIpc) is 2.54. The van der Waals surface area contributed by atoms with Crippen molar-refractivity contribution in [1.82, 2.24) is 0 Å². The Balaban J connectivity index is 2.26. The van der Waals surface area contributed by atoms with E-state index >= 15 is 0 Å². The predicted octanol–water partition coefficient (Wildman–Crippen LogP) is 3.17. The summed E-state index contributed by atoms with van der Waals surface area (Å²) in [7, 11) is 1.48. The lowest BCUT2D eigenvalue weighted by Gasteiger charge is -2.52. The van der Waals surface area contributed by atoms with Crippen LogP contribution in [0.4, 0.5) is 0 Å². The summed E-state index contributed by atoms with van der Waals surface area (Å²) >= 11 is 0. The Morgan fingerprint density at radius 3 is 2.54 bits per heavy atom. The lowest BCUT2D eigenvalue weighted by molar-refractivity contribution is -0.136. The van der Waals surface area contributed by atoms with Crippen LogP contribution in [0.2, 0.25) is 0 Å². The number of ether oxygens (including phenoxy) is 1. The molecule has 5 heteroatoms. The van der Waals surface area contributed by atoms with E-state index in [0.717, 1.165) is 0 Å². The zero-order chi connectivity index (χ0) is 19.4. The molecular weight excluding hydrogens is 332 g/mol. The lowest BCUT2D eigenvalue weighted by atomic mass is 9.49. The first-order valence-corrected chi connectivity index (χ1v) is 9.22. The number of methoxy groups -OCH3 is 1. The van der Waals surface area contributed by atoms with Crippen LogP contribution in [-0.4, -0.2) is 35.0 Å². The largest absolute Gasteiger partial charge is 0.504 e. The van der Waals surface area contributed by atoms with Crippen LogP contribution in [0.3, 0.4) is 0 Å². The second kappa shape index (κ2) is 6.08. The third-order valence-corrected chi connectivity index (χ3v) is 6.54. The van der Waals surface area contributed by atoms with Gasteiger partial charge in [-0.25, -0.2) is 0 Å². The maximum absolute atomic E-state index is 12.9. The first-order valence-electron chi connectivity index (χ1n) is 9.22. The van der Waals surface area contributed by atoms with E-state index in [1.807, 2.05) is 20.8 Å². The van der Waals surface area contributed by atoms with Crippen molar-refractivity contribution in [3.63, 3.8) is 0 Å². The normalized spacial score (nSPS) is 28.3. The Labute approximate surface area is 154 Å². The molecule has 3 atom stereocenters. The summed E-state index contributed by atoms with van der Waals surface area (Å²) in [6.45, 7) is 7.52. The van der Waals surface area contributed by atoms with Crippen molar-refractivity contribution in [3.05, 3.63) is 22.8 Å². The highest BCUT2D eigenvalue weighted by Crippen LogP contribution is 2.59. The molecule has 1 fully saturated rings. The molecule has 2 N–H and O–H groups in total. The number of Topliss-reactive ketones (excluding diaryl/α,β-unsaturated/α-hetero) is 2. The van der Waals surface area contributed by atoms with Gasteiger partial charge in [0.05, 0.1) is 13.2 Å². The summed E-state index contributed by atoms with van der Waals surface area (Å²) < 4.78 is 5.44. The predicted molar refractivity (Wildman–Crippen MR) is 97.9 cm³/mol. The highest BCUT2D eigenvalue weighted by Gasteiger charge is 2.56. The number of rotatable bonds is 3. The number of aromatic hydroxyl groups is 1. The van der Waals surface area contributed by atoms with Crippen molar-refractivity contribution in [2.24, 2.45) is 11.3 Å². The van der Waals surface area contributed by atoms with Gasteiger partial charge in [-0.1, -0.05) is 20.8 Å². The second-order valence-electron chi connectivity index (χ2n) is 8.64. The van der Waals surface area contributed by atoms with E-state index in [1.54, 1.807) is 13.0 Å². The molecule has 1 unspecified atom stereocenters. The summed E-state index contributed by atoms with van der Waals surface area (Å²) in [5, 5.41) is 20.8. The smallest absolute Gasteiger partial charge is 0.164 e. The third kappa shape index (κ3) is 2.56. The van der Waals surface area contributed by atoms with Crippen LogP contribution in [0.1, 0.15) is 68.4 Å². The number of carbonyl (C=O) groups excluding carboxylic acids is 2. The molecule has 0 amide bonds. The maximum atomic E-state index is 12.9. The van der Waals surface area contributed by atoms with Gasteiger partial charge < -0.3 is 14.9 Å². The summed E-state index contributed by atoms with van der Waals surface area (Å²) in [5.41, 5.74) is 0.647. The molecular formula is C21H28O5. The van der Waals surface area contributed by atoms with Crippen LogP contribution in [-0.2, 0) is 16.6 Å². The Morgan fingerprint density at radius 2 is 1.96 bits per heavy atom.